The molecule has 76 heavy (non-hydrogen) atoms. The van der Waals surface area contributed by atoms with Gasteiger partial charge in [-0.1, -0.05) is 57.2 Å². The average Bonchev–Trinajstić information content (AvgIpc) is 4.36. The summed E-state index contributed by atoms with van der Waals surface area (Å²) in [7, 11) is 2.82. The van der Waals surface area contributed by atoms with E-state index in [1.165, 1.54) is 20.3 Å². The van der Waals surface area contributed by atoms with Gasteiger partial charge in [-0.25, -0.2) is 19.2 Å². The van der Waals surface area contributed by atoms with Gasteiger partial charge in [0.1, 0.15) is 65.5 Å². The minimum absolute atomic E-state index is 0.0397. The zero-order valence-corrected chi connectivity index (χ0v) is 44.4. The first-order valence-corrected chi connectivity index (χ1v) is 26.6. The van der Waals surface area contributed by atoms with Crippen LogP contribution in [0, 0.1) is 59.2 Å². The van der Waals surface area contributed by atoms with Crippen molar-refractivity contribution in [1.82, 2.24) is 9.97 Å². The van der Waals surface area contributed by atoms with Crippen molar-refractivity contribution in [3.63, 3.8) is 0 Å². The highest BCUT2D eigenvalue weighted by Gasteiger charge is 2.73. The van der Waals surface area contributed by atoms with Gasteiger partial charge in [0, 0.05) is 86.2 Å². The Balaban J connectivity index is 0.880. The second-order valence-electron chi connectivity index (χ2n) is 22.7. The summed E-state index contributed by atoms with van der Waals surface area (Å²) in [6, 6.07) is 6.34. The van der Waals surface area contributed by atoms with E-state index in [-0.39, 0.29) is 53.9 Å². The number of Topliss-reactive ketones (excluding diaryl/α,β-unsaturated/α-hetero) is 1. The van der Waals surface area contributed by atoms with Gasteiger partial charge < -0.3 is 68.0 Å². The predicted molar refractivity (Wildman–Crippen MR) is 267 cm³/mol. The Bertz CT molecular complexity index is 2710. The Hall–Kier alpha value is -5.64. The summed E-state index contributed by atoms with van der Waals surface area (Å²) in [4.78, 5) is 75.2. The lowest BCUT2D eigenvalue weighted by Gasteiger charge is -2.50. The number of nitrogens with zero attached hydrogens (tertiary/aromatic N) is 1. The third kappa shape index (κ3) is 8.47. The Morgan fingerprint density at radius 1 is 0.789 bits per heavy atom. The van der Waals surface area contributed by atoms with E-state index in [1.807, 2.05) is 58.9 Å². The molecule has 20 nitrogen and oxygen atoms in total. The number of aromatic amines is 2. The fourth-order valence-electron chi connectivity index (χ4n) is 14.9. The molecule has 6 heterocycles. The summed E-state index contributed by atoms with van der Waals surface area (Å²) in [5.74, 6) is -8.11. The number of carbonyl (C=O) groups is 5. The van der Waals surface area contributed by atoms with Crippen LogP contribution < -0.4 is 4.74 Å². The number of aromatic nitrogens is 2. The molecule has 4 aliphatic carbocycles. The van der Waals surface area contributed by atoms with Crippen molar-refractivity contribution >= 4 is 35.4 Å². The Morgan fingerprint density at radius 2 is 1.41 bits per heavy atom. The van der Waals surface area contributed by atoms with E-state index in [4.69, 9.17) is 42.6 Å². The van der Waals surface area contributed by atoms with Gasteiger partial charge in [-0.2, -0.15) is 0 Å². The first kappa shape index (κ1) is 53.7. The van der Waals surface area contributed by atoms with Gasteiger partial charge in [-0.05, 0) is 69.9 Å². The summed E-state index contributed by atoms with van der Waals surface area (Å²) in [6.45, 7) is 14.5. The number of esters is 4. The van der Waals surface area contributed by atoms with Gasteiger partial charge in [-0.15, -0.1) is 0 Å². The third-order valence-corrected chi connectivity index (χ3v) is 18.6. The number of rotatable bonds is 10. The first-order valence-electron chi connectivity index (χ1n) is 26.6. The predicted octanol–water partition coefficient (Wildman–Crippen LogP) is 5.07. The smallest absolute Gasteiger partial charge is 0.355 e. The van der Waals surface area contributed by atoms with E-state index in [0.717, 1.165) is 11.1 Å². The van der Waals surface area contributed by atoms with Crippen molar-refractivity contribution in [2.75, 3.05) is 14.2 Å². The molecule has 412 valence electrons. The van der Waals surface area contributed by atoms with Gasteiger partial charge in [0.25, 0.3) is 0 Å². The molecule has 2 aromatic heterocycles. The molecule has 0 radical (unpaired) electrons. The molecular formula is C56H71N3O17. The van der Waals surface area contributed by atoms with E-state index in [0.29, 0.717) is 0 Å². The van der Waals surface area contributed by atoms with Crippen LogP contribution in [0.15, 0.2) is 71.1 Å². The molecular weight excluding hydrogens is 987 g/mol. The van der Waals surface area contributed by atoms with Gasteiger partial charge in [0.05, 0.1) is 29.4 Å². The summed E-state index contributed by atoms with van der Waals surface area (Å²) in [5.41, 5.74) is -0.336. The van der Waals surface area contributed by atoms with Crippen LogP contribution in [0.4, 0.5) is 0 Å². The van der Waals surface area contributed by atoms with Crippen LogP contribution in [-0.2, 0) is 52.3 Å². The zero-order valence-electron chi connectivity index (χ0n) is 44.4. The summed E-state index contributed by atoms with van der Waals surface area (Å²) >= 11 is 0. The molecule has 5 fully saturated rings. The van der Waals surface area contributed by atoms with Crippen LogP contribution in [0.25, 0.3) is 0 Å². The van der Waals surface area contributed by atoms with Crippen molar-refractivity contribution in [1.29, 1.82) is 0 Å². The second-order valence-corrected chi connectivity index (χ2v) is 22.7. The molecule has 4 aliphatic heterocycles. The van der Waals surface area contributed by atoms with Gasteiger partial charge in [0.15, 0.2) is 18.1 Å². The van der Waals surface area contributed by atoms with Crippen LogP contribution in [0.5, 0.6) is 5.88 Å². The Morgan fingerprint density at radius 3 is 2.08 bits per heavy atom. The molecule has 8 aliphatic rings. The summed E-state index contributed by atoms with van der Waals surface area (Å²) in [5, 5.41) is 37.5. The Labute approximate surface area is 440 Å². The van der Waals surface area contributed by atoms with Crippen LogP contribution in [0.1, 0.15) is 95.6 Å². The number of hydrogen-bond acceptors (Lipinski definition) is 18. The minimum atomic E-state index is -1.23. The monoisotopic (exact) mass is 1060 g/mol. The molecule has 0 amide bonds. The number of aliphatic hydroxyl groups excluding tert-OH is 2. The number of oxime groups is 1. The highest BCUT2D eigenvalue weighted by atomic mass is 16.6. The average molecular weight is 1060 g/mol. The quantitative estimate of drug-likeness (QED) is 0.0519. The number of ether oxygens (including phenoxy) is 9. The van der Waals surface area contributed by atoms with E-state index < -0.39 is 155 Å². The summed E-state index contributed by atoms with van der Waals surface area (Å²) in [6.07, 6.45) is -0.564. The third-order valence-electron chi connectivity index (χ3n) is 18.6. The molecule has 2 spiro atoms. The second kappa shape index (κ2) is 20.3. The SMILES string of the molecule is CO[C@H]1C[C@H]2CC(=O)[C@H]3[C@H]4O[C@]2(/C(C)=C/[C@@H](C)[C@@H]([C@@H](C)Oc2ccc(C(=O)O[C@@H]5[C@H](C)[C@@H](O)[C@@H]6[C@H]7C=CC8C[C@H](OC)C(=O)O[C@H](/C(C)=N\O)[C@H](C)/C=C(\C)[C@]86O[C@H]75)[nH]2)OC1=O)[C@@H]3[C@H](O)[C@@H](C)[C@H]4OC(=O)c1ccc[nH]1. The summed E-state index contributed by atoms with van der Waals surface area (Å²) < 4.78 is 56.5. The fraction of sp³-hybridized carbons (Fsp3) is 0.643. The topological polar surface area (TPSA) is 273 Å². The number of carbonyl (C=O) groups excluding carboxylic acids is 5. The number of aliphatic hydroxyl groups is 2. The fourth-order valence-corrected chi connectivity index (χ4v) is 14.9. The van der Waals surface area contributed by atoms with Gasteiger partial charge in [-0.3, -0.25) is 4.79 Å². The molecule has 10 rings (SSSR count). The maximum atomic E-state index is 14.2. The molecule has 23 atom stereocenters. The van der Waals surface area contributed by atoms with Crippen molar-refractivity contribution in [3.8, 4) is 5.88 Å². The number of hydrogen-bond donors (Lipinski definition) is 5. The number of methoxy groups -OCH3 is 2. The molecule has 2 aromatic rings. The lowest BCUT2D eigenvalue weighted by Crippen LogP contribution is -2.61. The van der Waals surface area contributed by atoms with E-state index >= 15 is 0 Å². The molecule has 8 bridgehead atoms. The normalized spacial score (nSPS) is 44.6. The first-order chi connectivity index (χ1) is 36.2. The highest BCUT2D eigenvalue weighted by Crippen LogP contribution is 2.63. The van der Waals surface area contributed by atoms with Crippen LogP contribution in [0.2, 0.25) is 0 Å². The standard InChI is InChI=1S/C56H71N3O17/c1-23-18-25(3)55-31(21-37(68-9)53(65)71-45(23)29(7)59-67)13-14-33-41(55)43(61)27(5)47(49(33)75-55)73-52(64)35-15-16-39(58-35)70-30(8)46-24(2)19-26(4)56-32(22-38(69-10)54(66)72-46)20-36(60)40-42(56)44(62)28(6)48(50(40)76-56)74-51(63)34-12-11-17-57-34/h11-19,23-24,27-28,30-33,37-38,40-50,57-58,61-62,67H,20-22H2,1-10H3/b25-18+,26-19+,59-29-/t23-,24-,27-,28-,30-,31?,32-,33-,37+,38+,40-,41+,42+,43-,44-,45+,46+,47-,48-,49-,50-,55+,56+/m1/s1. The number of nitrogens with one attached hydrogen (secondary N) is 2. The van der Waals surface area contributed by atoms with Crippen LogP contribution in [-0.4, -0.2) is 153 Å². The van der Waals surface area contributed by atoms with Crippen molar-refractivity contribution < 1.29 is 82.0 Å². The zero-order chi connectivity index (χ0) is 54.4. The van der Waals surface area contributed by atoms with Crippen molar-refractivity contribution in [2.24, 2.45) is 64.3 Å². The van der Waals surface area contributed by atoms with Gasteiger partial charge in [0.2, 0.25) is 0 Å². The van der Waals surface area contributed by atoms with E-state index in [9.17, 15) is 39.4 Å². The Kier molecular flexibility index (Phi) is 14.4. The molecule has 1 unspecified atom stereocenters. The number of H-pyrrole nitrogens is 2. The number of cyclic esters (lactones) is 2. The van der Waals surface area contributed by atoms with Crippen LogP contribution >= 0.6 is 0 Å². The minimum Gasteiger partial charge on any atom is -0.472 e. The molecule has 3 saturated carbocycles. The molecule has 20 heteroatoms. The molecule has 0 aromatic carbocycles. The highest BCUT2D eigenvalue weighted by molar-refractivity contribution is 5.90. The molecule has 5 N–H and O–H groups in total. The lowest BCUT2D eigenvalue weighted by molar-refractivity contribution is -0.173. The van der Waals surface area contributed by atoms with E-state index in [2.05, 4.69) is 15.1 Å². The largest absolute Gasteiger partial charge is 0.472 e. The number of ketones is 1. The van der Waals surface area contributed by atoms with E-state index in [1.54, 1.807) is 45.2 Å². The van der Waals surface area contributed by atoms with Crippen molar-refractivity contribution in [2.45, 2.75) is 153 Å². The maximum Gasteiger partial charge on any atom is 0.355 e. The van der Waals surface area contributed by atoms with Crippen LogP contribution in [0.3, 0.4) is 0 Å². The maximum absolute atomic E-state index is 14.2. The lowest BCUT2D eigenvalue weighted by atomic mass is 9.54. The van der Waals surface area contributed by atoms with Gasteiger partial charge >= 0.3 is 23.9 Å². The van der Waals surface area contributed by atoms with Crippen molar-refractivity contribution in [3.05, 3.63) is 77.3 Å². The molecule has 2 saturated heterocycles.